The van der Waals surface area contributed by atoms with Crippen LogP contribution in [0, 0.1) is 5.92 Å². The molecule has 1 unspecified atom stereocenters. The molecule has 1 aromatic carbocycles. The number of fused-ring (bicyclic) bond motifs is 1. The van der Waals surface area contributed by atoms with E-state index in [0.717, 1.165) is 18.9 Å². The maximum atomic E-state index is 4.44. The van der Waals surface area contributed by atoms with Crippen molar-refractivity contribution in [1.82, 2.24) is 10.3 Å². The average Bonchev–Trinajstić information content (AvgIpc) is 2.86. The lowest BCUT2D eigenvalue weighted by atomic mass is 9.81. The van der Waals surface area contributed by atoms with Gasteiger partial charge in [-0.15, -0.1) is 0 Å². The van der Waals surface area contributed by atoms with Crippen LogP contribution in [0.15, 0.2) is 36.7 Å². The van der Waals surface area contributed by atoms with Gasteiger partial charge in [-0.1, -0.05) is 38.1 Å². The van der Waals surface area contributed by atoms with Crippen LogP contribution in [0.1, 0.15) is 38.7 Å². The van der Waals surface area contributed by atoms with Gasteiger partial charge in [-0.3, -0.25) is 4.98 Å². The number of hydrogen-bond donors (Lipinski definition) is 1. The number of nitrogens with one attached hydrogen (secondary N) is 1. The van der Waals surface area contributed by atoms with Gasteiger partial charge in [0.2, 0.25) is 0 Å². The Labute approximate surface area is 121 Å². The van der Waals surface area contributed by atoms with Gasteiger partial charge in [0.25, 0.3) is 0 Å². The van der Waals surface area contributed by atoms with E-state index in [2.05, 4.69) is 54.6 Å². The molecule has 2 heteroatoms. The summed E-state index contributed by atoms with van der Waals surface area (Å²) in [6.07, 6.45) is 8.95. The Morgan fingerprint density at radius 3 is 2.85 bits per heavy atom. The smallest absolute Gasteiger partial charge is 0.0346 e. The molecule has 1 aromatic heterocycles. The minimum absolute atomic E-state index is 0.278. The minimum Gasteiger partial charge on any atom is -0.311 e. The normalized spacial score (nSPS) is 22.8. The zero-order valence-electron chi connectivity index (χ0n) is 12.5. The van der Waals surface area contributed by atoms with Crippen molar-refractivity contribution in [3.05, 3.63) is 42.2 Å². The third kappa shape index (κ3) is 2.71. The lowest BCUT2D eigenvalue weighted by Crippen LogP contribution is -2.43. The molecule has 0 aliphatic carbocycles. The highest BCUT2D eigenvalue weighted by molar-refractivity contribution is 5.84. The highest BCUT2D eigenvalue weighted by atomic mass is 15.0. The molecule has 0 saturated carbocycles. The maximum Gasteiger partial charge on any atom is 0.0346 e. The lowest BCUT2D eigenvalue weighted by Gasteiger charge is -2.32. The van der Waals surface area contributed by atoms with E-state index in [1.165, 1.54) is 35.6 Å². The summed E-state index contributed by atoms with van der Waals surface area (Å²) >= 11 is 0. The van der Waals surface area contributed by atoms with Crippen LogP contribution < -0.4 is 5.32 Å². The van der Waals surface area contributed by atoms with Gasteiger partial charge in [-0.05, 0) is 49.1 Å². The zero-order chi connectivity index (χ0) is 14.0. The number of pyridine rings is 1. The van der Waals surface area contributed by atoms with Gasteiger partial charge in [-0.25, -0.2) is 0 Å². The number of aromatic nitrogens is 1. The molecule has 1 saturated heterocycles. The Morgan fingerprint density at radius 1 is 1.25 bits per heavy atom. The van der Waals surface area contributed by atoms with Crippen molar-refractivity contribution >= 4 is 10.8 Å². The van der Waals surface area contributed by atoms with E-state index >= 15 is 0 Å². The summed E-state index contributed by atoms with van der Waals surface area (Å²) in [5.41, 5.74) is 1.66. The van der Waals surface area contributed by atoms with E-state index in [9.17, 15) is 0 Å². The highest BCUT2D eigenvalue weighted by Gasteiger charge is 2.34. The zero-order valence-corrected chi connectivity index (χ0v) is 12.5. The minimum atomic E-state index is 0.278. The largest absolute Gasteiger partial charge is 0.311 e. The van der Waals surface area contributed by atoms with Crippen LogP contribution in [0.5, 0.6) is 0 Å². The monoisotopic (exact) mass is 268 g/mol. The number of hydrogen-bond acceptors (Lipinski definition) is 2. The third-order valence-electron chi connectivity index (χ3n) is 4.41. The molecule has 1 fully saturated rings. The molecule has 20 heavy (non-hydrogen) atoms. The van der Waals surface area contributed by atoms with Crippen LogP contribution in [-0.4, -0.2) is 17.1 Å². The number of nitrogens with zero attached hydrogens (tertiary/aromatic N) is 1. The predicted molar refractivity (Wildman–Crippen MR) is 84.9 cm³/mol. The Kier molecular flexibility index (Phi) is 3.75. The third-order valence-corrected chi connectivity index (χ3v) is 4.41. The van der Waals surface area contributed by atoms with E-state index in [0.29, 0.717) is 0 Å². The molecule has 2 aromatic rings. The maximum absolute atomic E-state index is 4.44. The van der Waals surface area contributed by atoms with E-state index in [1.807, 2.05) is 6.20 Å². The van der Waals surface area contributed by atoms with Crippen LogP contribution in [-0.2, 0) is 6.42 Å². The molecule has 1 N–H and O–H groups in total. The molecule has 2 heterocycles. The fourth-order valence-electron chi connectivity index (χ4n) is 3.73. The van der Waals surface area contributed by atoms with Gasteiger partial charge in [0.1, 0.15) is 0 Å². The molecule has 106 valence electrons. The van der Waals surface area contributed by atoms with Crippen molar-refractivity contribution in [2.75, 3.05) is 6.54 Å². The molecule has 0 spiro atoms. The first-order chi connectivity index (χ1) is 9.69. The second-order valence-corrected chi connectivity index (χ2v) is 6.61. The Morgan fingerprint density at radius 2 is 2.10 bits per heavy atom. The van der Waals surface area contributed by atoms with Crippen LogP contribution in [0.25, 0.3) is 10.8 Å². The van der Waals surface area contributed by atoms with Crippen molar-refractivity contribution in [3.63, 3.8) is 0 Å². The second-order valence-electron chi connectivity index (χ2n) is 6.61. The molecule has 1 atom stereocenters. The standard InChI is InChI=1S/C18H24N2/c1-14(2)10-18(8-5-9-20-18)11-16-13-19-12-15-6-3-4-7-17(15)16/h3-4,6-7,12-14,20H,5,8-11H2,1-2H3. The molecule has 1 aliphatic rings. The topological polar surface area (TPSA) is 24.9 Å². The first-order valence-corrected chi connectivity index (χ1v) is 7.75. The van der Waals surface area contributed by atoms with Gasteiger partial charge in [0.15, 0.2) is 0 Å². The fraction of sp³-hybridized carbons (Fsp3) is 0.500. The molecule has 0 amide bonds. The van der Waals surface area contributed by atoms with Crippen LogP contribution in [0.4, 0.5) is 0 Å². The van der Waals surface area contributed by atoms with E-state index in [-0.39, 0.29) is 5.54 Å². The molecular weight excluding hydrogens is 244 g/mol. The van der Waals surface area contributed by atoms with Crippen molar-refractivity contribution < 1.29 is 0 Å². The summed E-state index contributed by atoms with van der Waals surface area (Å²) in [7, 11) is 0. The number of benzene rings is 1. The Balaban J connectivity index is 1.94. The van der Waals surface area contributed by atoms with Crippen LogP contribution >= 0.6 is 0 Å². The van der Waals surface area contributed by atoms with Gasteiger partial charge in [0.05, 0.1) is 0 Å². The predicted octanol–water partition coefficient (Wildman–Crippen LogP) is 3.95. The van der Waals surface area contributed by atoms with Crippen molar-refractivity contribution in [1.29, 1.82) is 0 Å². The fourth-order valence-corrected chi connectivity index (χ4v) is 3.73. The average molecular weight is 268 g/mol. The second kappa shape index (κ2) is 5.53. The Hall–Kier alpha value is -1.41. The highest BCUT2D eigenvalue weighted by Crippen LogP contribution is 2.32. The van der Waals surface area contributed by atoms with Crippen molar-refractivity contribution in [2.45, 2.75) is 45.1 Å². The Bertz CT molecular complexity index is 577. The van der Waals surface area contributed by atoms with E-state index in [1.54, 1.807) is 0 Å². The summed E-state index contributed by atoms with van der Waals surface area (Å²) in [6, 6.07) is 8.60. The summed E-state index contributed by atoms with van der Waals surface area (Å²) in [5.74, 6) is 0.725. The summed E-state index contributed by atoms with van der Waals surface area (Å²) in [5, 5.41) is 6.40. The molecule has 0 radical (unpaired) electrons. The quantitative estimate of drug-likeness (QED) is 0.908. The molecule has 2 nitrogen and oxygen atoms in total. The first kappa shape index (κ1) is 13.6. The lowest BCUT2D eigenvalue weighted by molar-refractivity contribution is 0.302. The molecule has 3 rings (SSSR count). The van der Waals surface area contributed by atoms with Crippen LogP contribution in [0.2, 0.25) is 0 Å². The van der Waals surface area contributed by atoms with E-state index < -0.39 is 0 Å². The van der Waals surface area contributed by atoms with Gasteiger partial charge in [0, 0.05) is 23.3 Å². The summed E-state index contributed by atoms with van der Waals surface area (Å²) in [6.45, 7) is 5.80. The number of rotatable bonds is 4. The van der Waals surface area contributed by atoms with Crippen molar-refractivity contribution in [3.8, 4) is 0 Å². The van der Waals surface area contributed by atoms with E-state index in [4.69, 9.17) is 0 Å². The van der Waals surface area contributed by atoms with Crippen LogP contribution in [0.3, 0.4) is 0 Å². The molecule has 1 aliphatic heterocycles. The molecule has 0 bridgehead atoms. The molecular formula is C18H24N2. The SMILES string of the molecule is CC(C)CC1(Cc2cncc3ccccc23)CCCN1. The summed E-state index contributed by atoms with van der Waals surface area (Å²) < 4.78 is 0. The first-order valence-electron chi connectivity index (χ1n) is 7.75. The van der Waals surface area contributed by atoms with Crippen molar-refractivity contribution in [2.24, 2.45) is 5.92 Å². The van der Waals surface area contributed by atoms with Gasteiger partial charge in [-0.2, -0.15) is 0 Å². The summed E-state index contributed by atoms with van der Waals surface area (Å²) in [4.78, 5) is 4.44. The van der Waals surface area contributed by atoms with Gasteiger partial charge >= 0.3 is 0 Å². The van der Waals surface area contributed by atoms with Gasteiger partial charge < -0.3 is 5.32 Å².